The van der Waals surface area contributed by atoms with Gasteiger partial charge in [0.05, 0.1) is 19.0 Å². The molecule has 0 amide bonds. The first-order valence-electron chi connectivity index (χ1n) is 8.84. The third-order valence-corrected chi connectivity index (χ3v) is 4.98. The zero-order valence-electron chi connectivity index (χ0n) is 16.0. The van der Waals surface area contributed by atoms with Gasteiger partial charge in [0.1, 0.15) is 23.2 Å². The van der Waals surface area contributed by atoms with E-state index in [1.165, 1.54) is 5.56 Å². The monoisotopic (exact) mass is 354 g/mol. The van der Waals surface area contributed by atoms with Crippen molar-refractivity contribution in [3.8, 4) is 5.75 Å². The number of furan rings is 1. The van der Waals surface area contributed by atoms with Crippen LogP contribution in [-0.2, 0) is 6.54 Å². The first-order valence-corrected chi connectivity index (χ1v) is 8.84. The highest BCUT2D eigenvalue weighted by atomic mass is 16.5. The summed E-state index contributed by atoms with van der Waals surface area (Å²) >= 11 is 0. The molecule has 0 aliphatic heterocycles. The summed E-state index contributed by atoms with van der Waals surface area (Å²) < 4.78 is 11.1. The van der Waals surface area contributed by atoms with Crippen molar-refractivity contribution in [3.05, 3.63) is 47.0 Å². The van der Waals surface area contributed by atoms with E-state index in [-0.39, 0.29) is 6.04 Å². The fraction of sp³-hybridized carbons (Fsp3) is 0.400. The standard InChI is InChI=1S/C20H26N4O2/c1-6-24(13(3)15-8-7-9-16(10-15)25-5)11-17-22-19(21)18-12(2)14(4)26-20(18)23-17/h7-10,13H,6,11H2,1-5H3,(H2,21,22,23)/t13-/m1/s1. The molecule has 0 radical (unpaired) electrons. The number of hydrogen-bond acceptors (Lipinski definition) is 6. The molecule has 2 heterocycles. The molecule has 1 atom stereocenters. The van der Waals surface area contributed by atoms with Gasteiger partial charge < -0.3 is 14.9 Å². The van der Waals surface area contributed by atoms with Crippen molar-refractivity contribution in [1.82, 2.24) is 14.9 Å². The zero-order chi connectivity index (χ0) is 18.8. The van der Waals surface area contributed by atoms with Crippen LogP contribution in [-0.4, -0.2) is 28.5 Å². The molecule has 0 saturated heterocycles. The van der Waals surface area contributed by atoms with Gasteiger partial charge in [0, 0.05) is 11.6 Å². The Morgan fingerprint density at radius 1 is 1.27 bits per heavy atom. The van der Waals surface area contributed by atoms with Gasteiger partial charge in [0.25, 0.3) is 0 Å². The minimum Gasteiger partial charge on any atom is -0.497 e. The third kappa shape index (κ3) is 3.37. The van der Waals surface area contributed by atoms with Gasteiger partial charge >= 0.3 is 0 Å². The van der Waals surface area contributed by atoms with Gasteiger partial charge in [-0.3, -0.25) is 4.90 Å². The molecule has 1 aromatic carbocycles. The number of aryl methyl sites for hydroxylation is 2. The van der Waals surface area contributed by atoms with E-state index in [4.69, 9.17) is 14.9 Å². The molecule has 2 aromatic heterocycles. The number of nitrogens with two attached hydrogens (primary N) is 1. The van der Waals surface area contributed by atoms with Crippen LogP contribution in [0.1, 0.15) is 42.6 Å². The lowest BCUT2D eigenvalue weighted by molar-refractivity contribution is 0.207. The number of hydrogen-bond donors (Lipinski definition) is 1. The number of ether oxygens (including phenoxy) is 1. The lowest BCUT2D eigenvalue weighted by atomic mass is 10.1. The SMILES string of the molecule is CCN(Cc1nc(N)c2c(C)c(C)oc2n1)[C@H](C)c1cccc(OC)c1. The van der Waals surface area contributed by atoms with E-state index >= 15 is 0 Å². The molecule has 138 valence electrons. The predicted molar refractivity (Wildman–Crippen MR) is 103 cm³/mol. The number of nitrogens with zero attached hydrogens (tertiary/aromatic N) is 3. The van der Waals surface area contributed by atoms with E-state index in [2.05, 4.69) is 40.8 Å². The quantitative estimate of drug-likeness (QED) is 0.720. The average molecular weight is 354 g/mol. The van der Waals surface area contributed by atoms with Crippen molar-refractivity contribution in [2.24, 2.45) is 0 Å². The van der Waals surface area contributed by atoms with Crippen molar-refractivity contribution >= 4 is 16.9 Å². The Hall–Kier alpha value is -2.60. The van der Waals surface area contributed by atoms with Gasteiger partial charge in [0.2, 0.25) is 5.71 Å². The number of methoxy groups -OCH3 is 1. The predicted octanol–water partition coefficient (Wildman–Crippen LogP) is 4.01. The highest BCUT2D eigenvalue weighted by Crippen LogP contribution is 2.29. The van der Waals surface area contributed by atoms with Crippen LogP contribution in [0, 0.1) is 13.8 Å². The average Bonchev–Trinajstić information content (AvgIpc) is 2.93. The van der Waals surface area contributed by atoms with Gasteiger partial charge in [-0.25, -0.2) is 4.98 Å². The van der Waals surface area contributed by atoms with E-state index in [1.54, 1.807) is 7.11 Å². The highest BCUT2D eigenvalue weighted by Gasteiger charge is 2.19. The van der Waals surface area contributed by atoms with Crippen molar-refractivity contribution in [3.63, 3.8) is 0 Å². The molecule has 6 nitrogen and oxygen atoms in total. The molecule has 0 aliphatic rings. The normalized spacial score (nSPS) is 12.7. The summed E-state index contributed by atoms with van der Waals surface area (Å²) in [5.74, 6) is 2.83. The smallest absolute Gasteiger partial charge is 0.231 e. The van der Waals surface area contributed by atoms with Crippen molar-refractivity contribution in [2.45, 2.75) is 40.3 Å². The van der Waals surface area contributed by atoms with Crippen LogP contribution in [0.3, 0.4) is 0 Å². The van der Waals surface area contributed by atoms with Gasteiger partial charge in [-0.2, -0.15) is 4.98 Å². The van der Waals surface area contributed by atoms with E-state index in [0.29, 0.717) is 23.9 Å². The Morgan fingerprint density at radius 3 is 2.73 bits per heavy atom. The van der Waals surface area contributed by atoms with Crippen molar-refractivity contribution in [2.75, 3.05) is 19.4 Å². The molecule has 3 rings (SSSR count). The van der Waals surface area contributed by atoms with Crippen LogP contribution in [0.25, 0.3) is 11.1 Å². The summed E-state index contributed by atoms with van der Waals surface area (Å²) in [6, 6.07) is 8.31. The highest BCUT2D eigenvalue weighted by molar-refractivity contribution is 5.88. The molecule has 6 heteroatoms. The summed E-state index contributed by atoms with van der Waals surface area (Å²) in [5.41, 5.74) is 8.92. The van der Waals surface area contributed by atoms with Crippen molar-refractivity contribution in [1.29, 1.82) is 0 Å². The summed E-state index contributed by atoms with van der Waals surface area (Å²) in [7, 11) is 1.68. The summed E-state index contributed by atoms with van der Waals surface area (Å²) in [6.45, 7) is 9.63. The Bertz CT molecular complexity index is 920. The Morgan fingerprint density at radius 2 is 2.04 bits per heavy atom. The summed E-state index contributed by atoms with van der Waals surface area (Å²) in [4.78, 5) is 11.4. The Labute approximate surface area is 154 Å². The first-order chi connectivity index (χ1) is 12.4. The molecule has 0 fully saturated rings. The minimum atomic E-state index is 0.190. The molecule has 2 N–H and O–H groups in total. The van der Waals surface area contributed by atoms with Gasteiger partial charge in [0.15, 0.2) is 0 Å². The number of nitrogen functional groups attached to an aromatic ring is 1. The second kappa shape index (κ2) is 7.33. The molecular weight excluding hydrogens is 328 g/mol. The molecule has 26 heavy (non-hydrogen) atoms. The summed E-state index contributed by atoms with van der Waals surface area (Å²) in [6.07, 6.45) is 0. The fourth-order valence-electron chi connectivity index (χ4n) is 3.21. The van der Waals surface area contributed by atoms with Gasteiger partial charge in [-0.15, -0.1) is 0 Å². The number of benzene rings is 1. The van der Waals surface area contributed by atoms with Gasteiger partial charge in [-0.05, 0) is 45.0 Å². The van der Waals surface area contributed by atoms with Crippen LogP contribution in [0.15, 0.2) is 28.7 Å². The largest absolute Gasteiger partial charge is 0.497 e. The molecule has 0 unspecified atom stereocenters. The van der Waals surface area contributed by atoms with E-state index in [1.807, 2.05) is 26.0 Å². The molecular formula is C20H26N4O2. The fourth-order valence-corrected chi connectivity index (χ4v) is 3.21. The number of fused-ring (bicyclic) bond motifs is 1. The van der Waals surface area contributed by atoms with Crippen LogP contribution in [0.2, 0.25) is 0 Å². The second-order valence-electron chi connectivity index (χ2n) is 6.50. The maximum atomic E-state index is 6.17. The van der Waals surface area contributed by atoms with Gasteiger partial charge in [-0.1, -0.05) is 19.1 Å². The molecule has 3 aromatic rings. The maximum Gasteiger partial charge on any atom is 0.231 e. The lowest BCUT2D eigenvalue weighted by Gasteiger charge is -2.27. The molecule has 0 saturated carbocycles. The molecule has 0 aliphatic carbocycles. The van der Waals surface area contributed by atoms with Crippen LogP contribution >= 0.6 is 0 Å². The topological polar surface area (TPSA) is 77.4 Å². The molecule has 0 spiro atoms. The van der Waals surface area contributed by atoms with Crippen molar-refractivity contribution < 1.29 is 9.15 Å². The minimum absolute atomic E-state index is 0.190. The first kappa shape index (κ1) is 18.2. The number of rotatable bonds is 6. The van der Waals surface area contributed by atoms with Crippen LogP contribution in [0.5, 0.6) is 5.75 Å². The van der Waals surface area contributed by atoms with E-state index in [0.717, 1.165) is 29.0 Å². The summed E-state index contributed by atoms with van der Waals surface area (Å²) in [5, 5.41) is 0.815. The van der Waals surface area contributed by atoms with E-state index < -0.39 is 0 Å². The Balaban J connectivity index is 1.88. The number of aromatic nitrogens is 2. The maximum absolute atomic E-state index is 6.17. The van der Waals surface area contributed by atoms with Crippen LogP contribution < -0.4 is 10.5 Å². The molecule has 0 bridgehead atoms. The Kier molecular flexibility index (Phi) is 5.13. The van der Waals surface area contributed by atoms with Crippen LogP contribution in [0.4, 0.5) is 5.82 Å². The zero-order valence-corrected chi connectivity index (χ0v) is 16.0. The lowest BCUT2D eigenvalue weighted by Crippen LogP contribution is -2.27. The van der Waals surface area contributed by atoms with E-state index in [9.17, 15) is 0 Å². The third-order valence-electron chi connectivity index (χ3n) is 4.98. The number of anilines is 1. The second-order valence-corrected chi connectivity index (χ2v) is 6.50.